The van der Waals surface area contributed by atoms with Gasteiger partial charge < -0.3 is 15.8 Å². The summed E-state index contributed by atoms with van der Waals surface area (Å²) in [5.74, 6) is 0.621. The third-order valence-electron chi connectivity index (χ3n) is 2.60. The predicted molar refractivity (Wildman–Crippen MR) is 85.2 cm³/mol. The molecular weight excluding hydrogens is 272 g/mol. The molecule has 0 fully saturated rings. The molecule has 0 heterocycles. The smallest absolute Gasteiger partial charge is 0.251 e. The number of carbonyl (C=O) groups is 1. The zero-order valence-electron chi connectivity index (χ0n) is 12.0. The summed E-state index contributed by atoms with van der Waals surface area (Å²) < 4.78 is 5.57. The normalized spacial score (nSPS) is 10.3. The van der Waals surface area contributed by atoms with Crippen LogP contribution in [0, 0.1) is 0 Å². The number of ether oxygens (including phenoxy) is 1. The van der Waals surface area contributed by atoms with Gasteiger partial charge in [-0.2, -0.15) is 0 Å². The van der Waals surface area contributed by atoms with Gasteiger partial charge >= 0.3 is 0 Å². The molecular formula is C15H22N2O2S. The minimum atomic E-state index is -0.0884. The van der Waals surface area contributed by atoms with Crippen molar-refractivity contribution in [2.75, 3.05) is 6.54 Å². The van der Waals surface area contributed by atoms with Crippen LogP contribution in [-0.4, -0.2) is 23.5 Å². The van der Waals surface area contributed by atoms with Crippen molar-refractivity contribution in [1.29, 1.82) is 0 Å². The van der Waals surface area contributed by atoms with Crippen molar-refractivity contribution in [2.24, 2.45) is 5.73 Å². The van der Waals surface area contributed by atoms with E-state index in [2.05, 4.69) is 5.32 Å². The van der Waals surface area contributed by atoms with Gasteiger partial charge in [0.05, 0.1) is 11.1 Å². The summed E-state index contributed by atoms with van der Waals surface area (Å²) >= 11 is 4.80. The van der Waals surface area contributed by atoms with Crippen LogP contribution in [-0.2, 0) is 0 Å². The molecule has 4 nitrogen and oxygen atoms in total. The molecule has 0 atom stereocenters. The van der Waals surface area contributed by atoms with Crippen molar-refractivity contribution in [3.8, 4) is 5.75 Å². The Morgan fingerprint density at radius 3 is 2.80 bits per heavy atom. The van der Waals surface area contributed by atoms with E-state index in [1.807, 2.05) is 26.0 Å². The lowest BCUT2D eigenvalue weighted by Gasteiger charge is -2.11. The number of hydrogen-bond donors (Lipinski definition) is 2. The molecule has 0 saturated carbocycles. The van der Waals surface area contributed by atoms with E-state index in [-0.39, 0.29) is 12.0 Å². The van der Waals surface area contributed by atoms with Crippen LogP contribution in [0.25, 0.3) is 0 Å². The summed E-state index contributed by atoms with van der Waals surface area (Å²) in [5.41, 5.74) is 6.02. The predicted octanol–water partition coefficient (Wildman–Crippen LogP) is 2.66. The van der Waals surface area contributed by atoms with Crippen LogP contribution < -0.4 is 15.8 Å². The van der Waals surface area contributed by atoms with E-state index in [1.54, 1.807) is 12.1 Å². The maximum absolute atomic E-state index is 12.0. The quantitative estimate of drug-likeness (QED) is 0.571. The average molecular weight is 294 g/mol. The highest BCUT2D eigenvalue weighted by Gasteiger charge is 2.06. The topological polar surface area (TPSA) is 64.3 Å². The number of nitrogens with two attached hydrogens (primary N) is 1. The van der Waals surface area contributed by atoms with Crippen LogP contribution in [0.15, 0.2) is 24.3 Å². The maximum atomic E-state index is 12.0. The van der Waals surface area contributed by atoms with Gasteiger partial charge in [-0.25, -0.2) is 0 Å². The molecule has 5 heteroatoms. The molecule has 0 unspecified atom stereocenters. The number of amides is 1. The van der Waals surface area contributed by atoms with Crippen LogP contribution in [0.3, 0.4) is 0 Å². The minimum Gasteiger partial charge on any atom is -0.491 e. The number of nitrogens with one attached hydrogen (secondary N) is 1. The van der Waals surface area contributed by atoms with E-state index in [9.17, 15) is 4.79 Å². The average Bonchev–Trinajstić information content (AvgIpc) is 2.37. The van der Waals surface area contributed by atoms with Gasteiger partial charge in [0.2, 0.25) is 0 Å². The first-order valence-electron chi connectivity index (χ1n) is 6.82. The standard InChI is InChI=1S/C15H22N2O2S/c1-11(2)19-13-7-5-6-12(10-13)15(18)17-9-4-3-8-14(16)20/h5-7,10-11H,3-4,8-9H2,1-2H3,(H2,16,20)(H,17,18). The third-order valence-corrected chi connectivity index (χ3v) is 2.81. The Balaban J connectivity index is 2.41. The number of thiocarbonyl (C=S) groups is 1. The molecule has 0 aliphatic heterocycles. The summed E-state index contributed by atoms with van der Waals surface area (Å²) in [5, 5.41) is 2.87. The lowest BCUT2D eigenvalue weighted by Crippen LogP contribution is -2.24. The Kier molecular flexibility index (Phi) is 7.01. The molecule has 0 radical (unpaired) electrons. The molecule has 0 aliphatic rings. The summed E-state index contributed by atoms with van der Waals surface area (Å²) in [4.78, 5) is 12.5. The molecule has 110 valence electrons. The molecule has 0 spiro atoms. The largest absolute Gasteiger partial charge is 0.491 e. The van der Waals surface area contributed by atoms with Gasteiger partial charge in [0.1, 0.15) is 5.75 Å². The van der Waals surface area contributed by atoms with Crippen molar-refractivity contribution < 1.29 is 9.53 Å². The molecule has 0 aromatic heterocycles. The van der Waals surface area contributed by atoms with Crippen LogP contribution >= 0.6 is 12.2 Å². The Morgan fingerprint density at radius 1 is 1.40 bits per heavy atom. The molecule has 0 aliphatic carbocycles. The van der Waals surface area contributed by atoms with Crippen molar-refractivity contribution >= 4 is 23.1 Å². The van der Waals surface area contributed by atoms with Gasteiger partial charge in [-0.15, -0.1) is 0 Å². The molecule has 0 bridgehead atoms. The summed E-state index contributed by atoms with van der Waals surface area (Å²) in [7, 11) is 0. The fraction of sp³-hybridized carbons (Fsp3) is 0.467. The number of benzene rings is 1. The van der Waals surface area contributed by atoms with Crippen LogP contribution in [0.1, 0.15) is 43.5 Å². The van der Waals surface area contributed by atoms with Gasteiger partial charge in [-0.05, 0) is 51.3 Å². The summed E-state index contributed by atoms with van der Waals surface area (Å²) in [6, 6.07) is 7.19. The van der Waals surface area contributed by atoms with Crippen molar-refractivity contribution in [3.05, 3.63) is 29.8 Å². The molecule has 20 heavy (non-hydrogen) atoms. The highest BCUT2D eigenvalue weighted by molar-refractivity contribution is 7.80. The van der Waals surface area contributed by atoms with E-state index < -0.39 is 0 Å². The van der Waals surface area contributed by atoms with Gasteiger partial charge in [-0.1, -0.05) is 18.3 Å². The van der Waals surface area contributed by atoms with Crippen molar-refractivity contribution in [2.45, 2.75) is 39.2 Å². The van der Waals surface area contributed by atoms with Crippen LogP contribution in [0.5, 0.6) is 5.75 Å². The SMILES string of the molecule is CC(C)Oc1cccc(C(=O)NCCCCC(N)=S)c1. The molecule has 1 aromatic carbocycles. The summed E-state index contributed by atoms with van der Waals surface area (Å²) in [6.45, 7) is 4.53. The van der Waals surface area contributed by atoms with E-state index >= 15 is 0 Å². The fourth-order valence-corrected chi connectivity index (χ4v) is 1.86. The Hall–Kier alpha value is -1.62. The fourth-order valence-electron chi connectivity index (χ4n) is 1.71. The number of carbonyl (C=O) groups excluding carboxylic acids is 1. The minimum absolute atomic E-state index is 0.0884. The number of unbranched alkanes of at least 4 members (excludes halogenated alkanes) is 1. The van der Waals surface area contributed by atoms with E-state index in [4.69, 9.17) is 22.7 Å². The Bertz CT molecular complexity index is 461. The van der Waals surface area contributed by atoms with Crippen molar-refractivity contribution in [3.63, 3.8) is 0 Å². The second-order valence-corrected chi connectivity index (χ2v) is 5.40. The molecule has 1 aromatic rings. The monoisotopic (exact) mass is 294 g/mol. The van der Waals surface area contributed by atoms with Gasteiger partial charge in [0, 0.05) is 12.1 Å². The first-order chi connectivity index (χ1) is 9.49. The maximum Gasteiger partial charge on any atom is 0.251 e. The van der Waals surface area contributed by atoms with Crippen LogP contribution in [0.2, 0.25) is 0 Å². The zero-order valence-corrected chi connectivity index (χ0v) is 12.8. The Morgan fingerprint density at radius 2 is 2.15 bits per heavy atom. The van der Waals surface area contributed by atoms with Crippen molar-refractivity contribution in [1.82, 2.24) is 5.32 Å². The van der Waals surface area contributed by atoms with E-state index in [0.717, 1.165) is 19.3 Å². The second kappa shape index (κ2) is 8.53. The van der Waals surface area contributed by atoms with Gasteiger partial charge in [0.15, 0.2) is 0 Å². The third kappa shape index (κ3) is 6.52. The van der Waals surface area contributed by atoms with E-state index in [0.29, 0.717) is 22.8 Å². The first-order valence-corrected chi connectivity index (χ1v) is 7.23. The second-order valence-electron chi connectivity index (χ2n) is 4.87. The van der Waals surface area contributed by atoms with Crippen LogP contribution in [0.4, 0.5) is 0 Å². The Labute approximate surface area is 125 Å². The lowest BCUT2D eigenvalue weighted by molar-refractivity contribution is 0.0952. The summed E-state index contributed by atoms with van der Waals surface area (Å²) in [6.07, 6.45) is 2.58. The van der Waals surface area contributed by atoms with Gasteiger partial charge in [0.25, 0.3) is 5.91 Å². The lowest BCUT2D eigenvalue weighted by atomic mass is 10.2. The first kappa shape index (κ1) is 16.4. The number of hydrogen-bond acceptors (Lipinski definition) is 3. The zero-order chi connectivity index (χ0) is 15.0. The molecule has 1 rings (SSSR count). The van der Waals surface area contributed by atoms with E-state index in [1.165, 1.54) is 0 Å². The highest BCUT2D eigenvalue weighted by Crippen LogP contribution is 2.14. The molecule has 0 saturated heterocycles. The molecule has 1 amide bonds. The highest BCUT2D eigenvalue weighted by atomic mass is 32.1. The molecule has 3 N–H and O–H groups in total. The van der Waals surface area contributed by atoms with Gasteiger partial charge in [-0.3, -0.25) is 4.79 Å². The number of rotatable bonds is 8.